The number of hydrogen-bond donors (Lipinski definition) is 1. The predicted octanol–water partition coefficient (Wildman–Crippen LogP) is 3.29. The Bertz CT molecular complexity index is 572. The highest BCUT2D eigenvalue weighted by atomic mass is 32.2. The Labute approximate surface area is 119 Å². The van der Waals surface area contributed by atoms with E-state index < -0.39 is 15.3 Å². The number of para-hydroxylation sites is 1. The second-order valence-corrected chi connectivity index (χ2v) is 7.98. The van der Waals surface area contributed by atoms with Crippen molar-refractivity contribution in [2.45, 2.75) is 29.3 Å². The largest absolute Gasteiger partial charge is 0.446 e. The van der Waals surface area contributed by atoms with Crippen LogP contribution in [0.2, 0.25) is 0 Å². The second kappa shape index (κ2) is 5.85. The van der Waals surface area contributed by atoms with Gasteiger partial charge in [0.15, 0.2) is 9.84 Å². The molecule has 1 aromatic rings. The molecule has 1 N–H and O–H groups in total. The van der Waals surface area contributed by atoms with Crippen LogP contribution in [0.4, 0.5) is 18.9 Å². The quantitative estimate of drug-likeness (QED) is 0.866. The number of rotatable bonds is 3. The zero-order chi connectivity index (χ0) is 14.8. The number of halogens is 3. The maximum atomic E-state index is 12.5. The lowest BCUT2D eigenvalue weighted by Crippen LogP contribution is -2.34. The van der Waals surface area contributed by atoms with Gasteiger partial charge in [0.05, 0.1) is 11.5 Å². The van der Waals surface area contributed by atoms with Crippen LogP contribution in [0.3, 0.4) is 0 Å². The van der Waals surface area contributed by atoms with Crippen LogP contribution < -0.4 is 5.32 Å². The molecule has 1 heterocycles. The summed E-state index contributed by atoms with van der Waals surface area (Å²) in [6.45, 7) is 0. The van der Waals surface area contributed by atoms with Crippen LogP contribution in [0.15, 0.2) is 29.2 Å². The first-order valence-electron chi connectivity index (χ1n) is 6.07. The standard InChI is InChI=1S/C12H14F3NO2S2/c13-12(14,15)19-11-6-2-1-5-10(11)16-9-4-3-7-20(17,18)8-9/h1-2,5-6,9,16H,3-4,7-8H2. The summed E-state index contributed by atoms with van der Waals surface area (Å²) in [5, 5.41) is 2.93. The minimum Gasteiger partial charge on any atom is -0.380 e. The van der Waals surface area contributed by atoms with Gasteiger partial charge in [-0.3, -0.25) is 0 Å². The molecule has 1 aliphatic rings. The van der Waals surface area contributed by atoms with E-state index >= 15 is 0 Å². The van der Waals surface area contributed by atoms with E-state index in [4.69, 9.17) is 0 Å². The van der Waals surface area contributed by atoms with Crippen LogP contribution >= 0.6 is 11.8 Å². The minimum absolute atomic E-state index is 0.0297. The highest BCUT2D eigenvalue weighted by Crippen LogP contribution is 2.40. The normalized spacial score (nSPS) is 22.4. The monoisotopic (exact) mass is 325 g/mol. The Kier molecular flexibility index (Phi) is 4.53. The molecule has 1 saturated heterocycles. The topological polar surface area (TPSA) is 46.2 Å². The molecule has 20 heavy (non-hydrogen) atoms. The average Bonchev–Trinajstić information content (AvgIpc) is 2.28. The van der Waals surface area contributed by atoms with Gasteiger partial charge in [-0.2, -0.15) is 13.2 Å². The maximum Gasteiger partial charge on any atom is 0.446 e. The van der Waals surface area contributed by atoms with Crippen molar-refractivity contribution in [1.29, 1.82) is 0 Å². The molecule has 0 amide bonds. The molecule has 1 fully saturated rings. The predicted molar refractivity (Wildman–Crippen MR) is 73.7 cm³/mol. The molecule has 0 radical (unpaired) electrons. The van der Waals surface area contributed by atoms with Crippen LogP contribution in [-0.4, -0.2) is 31.5 Å². The van der Waals surface area contributed by atoms with Gasteiger partial charge in [0.25, 0.3) is 0 Å². The zero-order valence-corrected chi connectivity index (χ0v) is 12.1. The summed E-state index contributed by atoms with van der Waals surface area (Å²) >= 11 is -0.196. The van der Waals surface area contributed by atoms with Crippen molar-refractivity contribution >= 4 is 27.3 Å². The van der Waals surface area contributed by atoms with E-state index in [1.165, 1.54) is 18.2 Å². The second-order valence-electron chi connectivity index (χ2n) is 4.64. The van der Waals surface area contributed by atoms with E-state index in [0.29, 0.717) is 18.5 Å². The molecule has 0 aromatic heterocycles. The van der Waals surface area contributed by atoms with E-state index in [9.17, 15) is 21.6 Å². The van der Waals surface area contributed by atoms with Crippen molar-refractivity contribution < 1.29 is 21.6 Å². The molecule has 1 aliphatic heterocycles. The van der Waals surface area contributed by atoms with E-state index in [2.05, 4.69) is 5.32 Å². The third-order valence-corrected chi connectivity index (χ3v) is 5.56. The third kappa shape index (κ3) is 4.59. The molecule has 1 atom stereocenters. The van der Waals surface area contributed by atoms with Gasteiger partial charge >= 0.3 is 5.51 Å². The van der Waals surface area contributed by atoms with Crippen LogP contribution in [0, 0.1) is 0 Å². The molecule has 0 saturated carbocycles. The highest BCUT2D eigenvalue weighted by molar-refractivity contribution is 8.00. The molecule has 2 rings (SSSR count). The first-order chi connectivity index (χ1) is 9.25. The van der Waals surface area contributed by atoms with E-state index in [-0.39, 0.29) is 34.2 Å². The van der Waals surface area contributed by atoms with Crippen molar-refractivity contribution in [2.75, 3.05) is 16.8 Å². The number of sulfone groups is 1. The summed E-state index contributed by atoms with van der Waals surface area (Å²) in [5.74, 6) is 0.127. The molecule has 0 bridgehead atoms. The Morgan fingerprint density at radius 2 is 1.95 bits per heavy atom. The Morgan fingerprint density at radius 1 is 1.25 bits per heavy atom. The third-order valence-electron chi connectivity index (χ3n) is 2.94. The molecule has 3 nitrogen and oxygen atoms in total. The summed E-state index contributed by atoms with van der Waals surface area (Å²) in [6.07, 6.45) is 1.18. The van der Waals surface area contributed by atoms with Crippen molar-refractivity contribution in [3.05, 3.63) is 24.3 Å². The lowest BCUT2D eigenvalue weighted by atomic mass is 10.1. The van der Waals surface area contributed by atoms with Crippen molar-refractivity contribution in [3.8, 4) is 0 Å². The van der Waals surface area contributed by atoms with Crippen LogP contribution in [0.25, 0.3) is 0 Å². The lowest BCUT2D eigenvalue weighted by molar-refractivity contribution is -0.0328. The Hall–Kier alpha value is -0.890. The molecule has 0 aliphatic carbocycles. The van der Waals surface area contributed by atoms with Gasteiger partial charge in [-0.05, 0) is 36.7 Å². The minimum atomic E-state index is -4.36. The van der Waals surface area contributed by atoms with Gasteiger partial charge in [0, 0.05) is 16.6 Å². The Morgan fingerprint density at radius 3 is 2.60 bits per heavy atom. The SMILES string of the molecule is O=S1(=O)CCCC(Nc2ccccc2SC(F)(F)F)C1. The van der Waals surface area contributed by atoms with E-state index in [1.54, 1.807) is 6.07 Å². The zero-order valence-electron chi connectivity index (χ0n) is 10.5. The van der Waals surface area contributed by atoms with Gasteiger partial charge in [0.1, 0.15) is 0 Å². The first kappa shape index (κ1) is 15.5. The number of alkyl halides is 3. The molecule has 0 spiro atoms. The maximum absolute atomic E-state index is 12.5. The van der Waals surface area contributed by atoms with Crippen LogP contribution in [-0.2, 0) is 9.84 Å². The van der Waals surface area contributed by atoms with Crippen LogP contribution in [0.5, 0.6) is 0 Å². The molecular weight excluding hydrogens is 311 g/mol. The summed E-state index contributed by atoms with van der Waals surface area (Å²) in [6, 6.07) is 5.73. The fourth-order valence-corrected chi connectivity index (χ4v) is 4.43. The smallest absolute Gasteiger partial charge is 0.380 e. The lowest BCUT2D eigenvalue weighted by Gasteiger charge is -2.25. The molecule has 112 valence electrons. The summed E-state index contributed by atoms with van der Waals surface area (Å²) in [5.41, 5.74) is -4.03. The van der Waals surface area contributed by atoms with Crippen molar-refractivity contribution in [2.24, 2.45) is 0 Å². The fraction of sp³-hybridized carbons (Fsp3) is 0.500. The van der Waals surface area contributed by atoms with Gasteiger partial charge in [-0.15, -0.1) is 0 Å². The summed E-state index contributed by atoms with van der Waals surface area (Å²) < 4.78 is 60.5. The average molecular weight is 325 g/mol. The molecule has 8 heteroatoms. The molecular formula is C12H14F3NO2S2. The van der Waals surface area contributed by atoms with E-state index in [1.807, 2.05) is 0 Å². The van der Waals surface area contributed by atoms with Gasteiger partial charge < -0.3 is 5.32 Å². The number of anilines is 1. The number of thioether (sulfide) groups is 1. The van der Waals surface area contributed by atoms with Crippen molar-refractivity contribution in [3.63, 3.8) is 0 Å². The van der Waals surface area contributed by atoms with Crippen molar-refractivity contribution in [1.82, 2.24) is 0 Å². The summed E-state index contributed by atoms with van der Waals surface area (Å²) in [4.78, 5) is 0.0583. The Balaban J connectivity index is 2.13. The van der Waals surface area contributed by atoms with Gasteiger partial charge in [-0.25, -0.2) is 8.42 Å². The number of hydrogen-bond acceptors (Lipinski definition) is 4. The van der Waals surface area contributed by atoms with Gasteiger partial charge in [-0.1, -0.05) is 12.1 Å². The van der Waals surface area contributed by atoms with E-state index in [0.717, 1.165) is 0 Å². The number of nitrogens with one attached hydrogen (secondary N) is 1. The fourth-order valence-electron chi connectivity index (χ4n) is 2.16. The highest BCUT2D eigenvalue weighted by Gasteiger charge is 2.31. The molecule has 1 aromatic carbocycles. The molecule has 1 unspecified atom stereocenters. The summed E-state index contributed by atoms with van der Waals surface area (Å²) in [7, 11) is -3.09. The van der Waals surface area contributed by atoms with Crippen LogP contribution in [0.1, 0.15) is 12.8 Å². The number of benzene rings is 1. The first-order valence-corrected chi connectivity index (χ1v) is 8.71. The van der Waals surface area contributed by atoms with Gasteiger partial charge in [0.2, 0.25) is 0 Å².